The summed E-state index contributed by atoms with van der Waals surface area (Å²) in [5.41, 5.74) is 3.37. The number of carbonyl (C=O) groups is 1. The van der Waals surface area contributed by atoms with Crippen molar-refractivity contribution in [1.82, 2.24) is 19.1 Å². The van der Waals surface area contributed by atoms with Crippen LogP contribution in [0.1, 0.15) is 34.5 Å². The van der Waals surface area contributed by atoms with E-state index in [9.17, 15) is 4.79 Å². The molecule has 28 heavy (non-hydrogen) atoms. The van der Waals surface area contributed by atoms with Crippen LogP contribution < -0.4 is 0 Å². The van der Waals surface area contributed by atoms with Gasteiger partial charge < -0.3 is 18.9 Å². The van der Waals surface area contributed by atoms with Crippen LogP contribution in [0.25, 0.3) is 5.69 Å². The van der Waals surface area contributed by atoms with Crippen molar-refractivity contribution in [2.75, 3.05) is 6.61 Å². The molecule has 3 heterocycles. The summed E-state index contributed by atoms with van der Waals surface area (Å²) in [4.78, 5) is 19.4. The Morgan fingerprint density at radius 1 is 1.18 bits per heavy atom. The Morgan fingerprint density at radius 3 is 2.71 bits per heavy atom. The molecule has 4 rings (SSSR count). The van der Waals surface area contributed by atoms with E-state index in [-0.39, 0.29) is 12.0 Å². The fourth-order valence-electron chi connectivity index (χ4n) is 3.27. The van der Waals surface area contributed by atoms with Gasteiger partial charge in [-0.15, -0.1) is 0 Å². The summed E-state index contributed by atoms with van der Waals surface area (Å²) in [6.45, 7) is 2.12. The highest BCUT2D eigenvalue weighted by molar-refractivity contribution is 6.30. The van der Waals surface area contributed by atoms with E-state index in [0.717, 1.165) is 16.8 Å². The first-order valence-electron chi connectivity index (χ1n) is 8.92. The molecule has 3 aromatic heterocycles. The minimum Gasteiger partial charge on any atom is -0.462 e. The SMILES string of the molecule is CCOC(=O)c1c[nH]cc1-n1ccc(C(c2ccc(Cl)cc2)n2ccnc2)c1. The Bertz CT molecular complexity index is 1060. The number of carbonyl (C=O) groups excluding carboxylic acids is 1. The number of nitrogens with zero attached hydrogens (tertiary/aromatic N) is 3. The van der Waals surface area contributed by atoms with E-state index in [1.165, 1.54) is 0 Å². The van der Waals surface area contributed by atoms with E-state index in [4.69, 9.17) is 16.3 Å². The Balaban J connectivity index is 1.73. The van der Waals surface area contributed by atoms with E-state index >= 15 is 0 Å². The van der Waals surface area contributed by atoms with Crippen molar-refractivity contribution in [3.05, 3.63) is 95.6 Å². The van der Waals surface area contributed by atoms with Gasteiger partial charge in [-0.1, -0.05) is 23.7 Å². The van der Waals surface area contributed by atoms with Crippen molar-refractivity contribution in [3.8, 4) is 5.69 Å². The zero-order chi connectivity index (χ0) is 19.5. The van der Waals surface area contributed by atoms with Gasteiger partial charge >= 0.3 is 5.97 Å². The quantitative estimate of drug-likeness (QED) is 0.491. The molecule has 142 valence electrons. The molecule has 1 N–H and O–H groups in total. The van der Waals surface area contributed by atoms with Crippen molar-refractivity contribution in [3.63, 3.8) is 0 Å². The second-order valence-electron chi connectivity index (χ2n) is 6.29. The summed E-state index contributed by atoms with van der Waals surface area (Å²) in [6.07, 6.45) is 12.8. The molecule has 0 fully saturated rings. The smallest absolute Gasteiger partial charge is 0.341 e. The zero-order valence-corrected chi connectivity index (χ0v) is 16.0. The second kappa shape index (κ2) is 7.78. The number of hydrogen-bond acceptors (Lipinski definition) is 3. The maximum Gasteiger partial charge on any atom is 0.341 e. The van der Waals surface area contributed by atoms with Crippen molar-refractivity contribution in [1.29, 1.82) is 0 Å². The fourth-order valence-corrected chi connectivity index (χ4v) is 3.40. The standard InChI is InChI=1S/C21H19ClN4O2/c1-2-28-21(27)18-11-24-12-19(18)25-9-7-16(13-25)20(26-10-8-23-14-26)15-3-5-17(22)6-4-15/h3-14,20,24H,2H2,1H3. The number of aromatic nitrogens is 4. The van der Waals surface area contributed by atoms with Gasteiger partial charge in [0.15, 0.2) is 0 Å². The predicted octanol–water partition coefficient (Wildman–Crippen LogP) is 4.47. The monoisotopic (exact) mass is 394 g/mol. The Hall–Kier alpha value is -3.25. The van der Waals surface area contributed by atoms with Crippen molar-refractivity contribution in [2.24, 2.45) is 0 Å². The van der Waals surface area contributed by atoms with Gasteiger partial charge in [0.1, 0.15) is 5.56 Å². The van der Waals surface area contributed by atoms with E-state index in [2.05, 4.69) is 9.97 Å². The maximum absolute atomic E-state index is 12.2. The highest BCUT2D eigenvalue weighted by Gasteiger charge is 2.20. The zero-order valence-electron chi connectivity index (χ0n) is 15.2. The van der Waals surface area contributed by atoms with Crippen molar-refractivity contribution >= 4 is 17.6 Å². The highest BCUT2D eigenvalue weighted by Crippen LogP contribution is 2.29. The summed E-state index contributed by atoms with van der Waals surface area (Å²) in [5.74, 6) is -0.349. The van der Waals surface area contributed by atoms with Crippen LogP contribution >= 0.6 is 11.6 Å². The molecule has 7 heteroatoms. The van der Waals surface area contributed by atoms with E-state index in [0.29, 0.717) is 17.2 Å². The molecule has 0 amide bonds. The Labute approximate surface area is 167 Å². The van der Waals surface area contributed by atoms with Gasteiger partial charge in [0.2, 0.25) is 0 Å². The molecule has 0 spiro atoms. The third kappa shape index (κ3) is 3.46. The van der Waals surface area contributed by atoms with Gasteiger partial charge in [-0.25, -0.2) is 9.78 Å². The third-order valence-corrected chi connectivity index (χ3v) is 4.79. The summed E-state index contributed by atoms with van der Waals surface area (Å²) >= 11 is 6.06. The number of rotatable bonds is 6. The van der Waals surface area contributed by atoms with Crippen LogP contribution in [0.4, 0.5) is 0 Å². The molecular weight excluding hydrogens is 376 g/mol. The van der Waals surface area contributed by atoms with Crippen molar-refractivity contribution < 1.29 is 9.53 Å². The van der Waals surface area contributed by atoms with Gasteiger partial charge in [0.05, 0.1) is 24.7 Å². The number of aromatic amines is 1. The lowest BCUT2D eigenvalue weighted by Crippen LogP contribution is -2.10. The minimum absolute atomic E-state index is 0.0639. The van der Waals surface area contributed by atoms with Crippen LogP contribution in [0.15, 0.2) is 73.8 Å². The molecule has 0 radical (unpaired) electrons. The molecule has 0 aliphatic carbocycles. The molecule has 0 aliphatic rings. The Kier molecular flexibility index (Phi) is 5.04. The number of halogens is 1. The van der Waals surface area contributed by atoms with Gasteiger partial charge in [0.25, 0.3) is 0 Å². The van der Waals surface area contributed by atoms with Crippen molar-refractivity contribution in [2.45, 2.75) is 13.0 Å². The first kappa shape index (κ1) is 18.1. The number of nitrogens with one attached hydrogen (secondary N) is 1. The number of esters is 1. The molecule has 0 aliphatic heterocycles. The molecule has 6 nitrogen and oxygen atoms in total. The highest BCUT2D eigenvalue weighted by atomic mass is 35.5. The maximum atomic E-state index is 12.2. The normalized spacial score (nSPS) is 12.1. The van der Waals surface area contributed by atoms with Gasteiger partial charge in [0, 0.05) is 42.2 Å². The number of H-pyrrole nitrogens is 1. The first-order valence-corrected chi connectivity index (χ1v) is 9.30. The summed E-state index contributed by atoms with van der Waals surface area (Å²) in [7, 11) is 0. The second-order valence-corrected chi connectivity index (χ2v) is 6.73. The molecule has 1 aromatic carbocycles. The topological polar surface area (TPSA) is 64.8 Å². The van der Waals surface area contributed by atoms with E-state index in [1.54, 1.807) is 31.8 Å². The summed E-state index contributed by atoms with van der Waals surface area (Å²) in [5, 5.41) is 0.692. The molecule has 1 unspecified atom stereocenters. The van der Waals surface area contributed by atoms with Gasteiger partial charge in [-0.3, -0.25) is 0 Å². The molecule has 1 atom stereocenters. The fraction of sp³-hybridized carbons (Fsp3) is 0.143. The molecule has 0 saturated carbocycles. The van der Waals surface area contributed by atoms with E-state index < -0.39 is 0 Å². The lowest BCUT2D eigenvalue weighted by Gasteiger charge is -2.18. The van der Waals surface area contributed by atoms with Crippen LogP contribution in [-0.4, -0.2) is 31.7 Å². The van der Waals surface area contributed by atoms with Crippen LogP contribution in [0, 0.1) is 0 Å². The number of benzene rings is 1. The van der Waals surface area contributed by atoms with Crippen LogP contribution in [-0.2, 0) is 4.74 Å². The van der Waals surface area contributed by atoms with Crippen LogP contribution in [0.2, 0.25) is 5.02 Å². The largest absolute Gasteiger partial charge is 0.462 e. The van der Waals surface area contributed by atoms with Gasteiger partial charge in [-0.2, -0.15) is 0 Å². The average Bonchev–Trinajstić information content (AvgIpc) is 3.45. The van der Waals surface area contributed by atoms with Crippen LogP contribution in [0.5, 0.6) is 0 Å². The Morgan fingerprint density at radius 2 is 2.00 bits per heavy atom. The number of ether oxygens (including phenoxy) is 1. The number of hydrogen-bond donors (Lipinski definition) is 1. The van der Waals surface area contributed by atoms with Crippen LogP contribution in [0.3, 0.4) is 0 Å². The predicted molar refractivity (Wildman–Crippen MR) is 107 cm³/mol. The molecule has 0 saturated heterocycles. The minimum atomic E-state index is -0.349. The van der Waals surface area contributed by atoms with E-state index in [1.807, 2.05) is 58.1 Å². The first-order chi connectivity index (χ1) is 13.7. The average molecular weight is 395 g/mol. The summed E-state index contributed by atoms with van der Waals surface area (Å²) in [6, 6.07) is 9.73. The molecule has 4 aromatic rings. The molecule has 0 bridgehead atoms. The summed E-state index contributed by atoms with van der Waals surface area (Å²) < 4.78 is 9.09. The third-order valence-electron chi connectivity index (χ3n) is 4.54. The lowest BCUT2D eigenvalue weighted by molar-refractivity contribution is 0.0526. The lowest BCUT2D eigenvalue weighted by atomic mass is 10.0. The molecular formula is C21H19ClN4O2. The van der Waals surface area contributed by atoms with Gasteiger partial charge in [-0.05, 0) is 36.2 Å². The number of imidazole rings is 1.